The molecule has 0 unspecified atom stereocenters. The van der Waals surface area contributed by atoms with E-state index in [1.54, 1.807) is 18.3 Å². The maximum atomic E-state index is 11.1. The van der Waals surface area contributed by atoms with Crippen LogP contribution in [0.4, 0.5) is 0 Å². The summed E-state index contributed by atoms with van der Waals surface area (Å²) in [6.45, 7) is 0. The second kappa shape index (κ2) is 6.01. The predicted octanol–water partition coefficient (Wildman–Crippen LogP) is 4.96. The average Bonchev–Trinajstić information content (AvgIpc) is 3.23. The molecule has 0 fully saturated rings. The molecule has 4 aromatic rings. The second-order valence-electron chi connectivity index (χ2n) is 4.97. The molecule has 5 nitrogen and oxygen atoms in total. The normalized spacial score (nSPS) is 11.2. The van der Waals surface area contributed by atoms with Crippen molar-refractivity contribution in [2.45, 2.75) is 6.42 Å². The van der Waals surface area contributed by atoms with E-state index in [9.17, 15) is 4.79 Å². The van der Waals surface area contributed by atoms with Crippen molar-refractivity contribution in [3.8, 4) is 21.4 Å². The minimum Gasteiger partial charge on any atom is -0.481 e. The molecule has 120 valence electrons. The lowest BCUT2D eigenvalue weighted by atomic mass is 10.2. The number of oxazole rings is 1. The van der Waals surface area contributed by atoms with Gasteiger partial charge in [0.2, 0.25) is 5.89 Å². The van der Waals surface area contributed by atoms with Gasteiger partial charge >= 0.3 is 5.97 Å². The fourth-order valence-electron chi connectivity index (χ4n) is 2.32. The summed E-state index contributed by atoms with van der Waals surface area (Å²) in [5.74, 6) is -0.111. The third-order valence-corrected chi connectivity index (χ3v) is 5.62. The number of nitrogens with zero attached hydrogens (tertiary/aromatic N) is 2. The summed E-state index contributed by atoms with van der Waals surface area (Å²) in [7, 11) is 0. The molecule has 0 saturated heterocycles. The van der Waals surface area contributed by atoms with E-state index in [0.717, 1.165) is 20.0 Å². The van der Waals surface area contributed by atoms with Crippen LogP contribution in [0.2, 0.25) is 4.34 Å². The summed E-state index contributed by atoms with van der Waals surface area (Å²) in [5.41, 5.74) is 1.25. The van der Waals surface area contributed by atoms with Gasteiger partial charge in [-0.2, -0.15) is 0 Å². The molecule has 0 spiro atoms. The van der Waals surface area contributed by atoms with Crippen LogP contribution in [-0.2, 0) is 11.2 Å². The Hall–Kier alpha value is -2.22. The third-order valence-electron chi connectivity index (χ3n) is 3.31. The van der Waals surface area contributed by atoms with Crippen LogP contribution in [0.5, 0.6) is 0 Å². The molecule has 0 aliphatic carbocycles. The Morgan fingerprint density at radius 3 is 2.83 bits per heavy atom. The van der Waals surface area contributed by atoms with Gasteiger partial charge in [0, 0.05) is 6.20 Å². The number of carboxylic acids is 1. The minimum atomic E-state index is -0.961. The topological polar surface area (TPSA) is 76.2 Å². The van der Waals surface area contributed by atoms with Crippen LogP contribution >= 0.6 is 34.3 Å². The summed E-state index contributed by atoms with van der Waals surface area (Å²) in [6, 6.07) is 9.28. The Morgan fingerprint density at radius 2 is 2.12 bits per heavy atom. The van der Waals surface area contributed by atoms with Crippen molar-refractivity contribution < 1.29 is 14.3 Å². The van der Waals surface area contributed by atoms with Crippen LogP contribution in [0.15, 0.2) is 40.9 Å². The second-order valence-corrected chi connectivity index (χ2v) is 7.77. The highest BCUT2D eigenvalue weighted by molar-refractivity contribution is 7.22. The number of fused-ring (bicyclic) bond motifs is 1. The minimum absolute atomic E-state index is 0.211. The molecule has 8 heteroatoms. The average molecular weight is 377 g/mol. The van der Waals surface area contributed by atoms with Gasteiger partial charge in [-0.05, 0) is 30.3 Å². The Bertz CT molecular complexity index is 1020. The van der Waals surface area contributed by atoms with Crippen molar-refractivity contribution in [2.75, 3.05) is 0 Å². The molecule has 0 radical (unpaired) electrons. The lowest BCUT2D eigenvalue weighted by molar-refractivity contribution is -0.136. The first-order valence-electron chi connectivity index (χ1n) is 6.92. The number of hydrogen-bond donors (Lipinski definition) is 1. The molecule has 0 bridgehead atoms. The lowest BCUT2D eigenvalue weighted by Crippen LogP contribution is -2.01. The van der Waals surface area contributed by atoms with Gasteiger partial charge in [0.1, 0.15) is 0 Å². The van der Waals surface area contributed by atoms with Crippen molar-refractivity contribution in [1.82, 2.24) is 9.97 Å². The highest BCUT2D eigenvalue weighted by Gasteiger charge is 2.21. The summed E-state index contributed by atoms with van der Waals surface area (Å²) >= 11 is 8.81. The molecular weight excluding hydrogens is 368 g/mol. The number of carboxylic acid groups (broad SMARTS) is 1. The third kappa shape index (κ3) is 2.82. The quantitative estimate of drug-likeness (QED) is 0.544. The maximum Gasteiger partial charge on any atom is 0.309 e. The van der Waals surface area contributed by atoms with E-state index < -0.39 is 5.97 Å². The summed E-state index contributed by atoms with van der Waals surface area (Å²) in [4.78, 5) is 21.4. The van der Waals surface area contributed by atoms with E-state index in [2.05, 4.69) is 9.97 Å². The van der Waals surface area contributed by atoms with Gasteiger partial charge in [-0.25, -0.2) is 4.98 Å². The molecule has 0 aliphatic rings. The standard InChI is InChI=1S/C16H9ClN2O3S2/c17-13-4-3-11(24-13)15-9(7-14(20)21)19-16(22-15)12-6-8-10(23-12)2-1-5-18-8/h1-6H,7H2,(H,20,21). The summed E-state index contributed by atoms with van der Waals surface area (Å²) in [6.07, 6.45) is 1.51. The van der Waals surface area contributed by atoms with Crippen LogP contribution < -0.4 is 0 Å². The number of pyridine rings is 1. The van der Waals surface area contributed by atoms with Gasteiger partial charge in [-0.1, -0.05) is 11.6 Å². The molecule has 0 saturated carbocycles. The monoisotopic (exact) mass is 376 g/mol. The van der Waals surface area contributed by atoms with E-state index in [0.29, 0.717) is 21.7 Å². The largest absolute Gasteiger partial charge is 0.481 e. The zero-order chi connectivity index (χ0) is 16.7. The number of carbonyl (C=O) groups is 1. The van der Waals surface area contributed by atoms with Gasteiger partial charge in [0.15, 0.2) is 5.76 Å². The zero-order valence-electron chi connectivity index (χ0n) is 12.0. The molecule has 0 atom stereocenters. The first-order chi connectivity index (χ1) is 11.6. The predicted molar refractivity (Wildman–Crippen MR) is 94.8 cm³/mol. The van der Waals surface area contributed by atoms with Gasteiger partial charge in [-0.3, -0.25) is 9.78 Å². The summed E-state index contributed by atoms with van der Waals surface area (Å²) < 4.78 is 7.52. The number of hydrogen-bond acceptors (Lipinski definition) is 6. The molecule has 1 N–H and O–H groups in total. The smallest absolute Gasteiger partial charge is 0.309 e. The van der Waals surface area contributed by atoms with Crippen molar-refractivity contribution in [3.05, 3.63) is 46.6 Å². The van der Waals surface area contributed by atoms with Crippen LogP contribution in [0.3, 0.4) is 0 Å². The van der Waals surface area contributed by atoms with Crippen molar-refractivity contribution >= 4 is 50.5 Å². The van der Waals surface area contributed by atoms with Crippen molar-refractivity contribution in [3.63, 3.8) is 0 Å². The molecule has 24 heavy (non-hydrogen) atoms. The Morgan fingerprint density at radius 1 is 1.25 bits per heavy atom. The van der Waals surface area contributed by atoms with Crippen molar-refractivity contribution in [2.24, 2.45) is 0 Å². The zero-order valence-corrected chi connectivity index (χ0v) is 14.4. The van der Waals surface area contributed by atoms with Crippen LogP contribution in [0.1, 0.15) is 5.69 Å². The fourth-order valence-corrected chi connectivity index (χ4v) is 4.32. The van der Waals surface area contributed by atoms with Gasteiger partial charge in [-0.15, -0.1) is 22.7 Å². The van der Waals surface area contributed by atoms with E-state index in [1.165, 1.54) is 22.7 Å². The van der Waals surface area contributed by atoms with E-state index in [4.69, 9.17) is 21.1 Å². The van der Waals surface area contributed by atoms with Gasteiger partial charge < -0.3 is 9.52 Å². The first kappa shape index (κ1) is 15.3. The van der Waals surface area contributed by atoms with Gasteiger partial charge in [0.05, 0.1) is 36.4 Å². The SMILES string of the molecule is O=C(O)Cc1nc(-c2cc3ncccc3s2)oc1-c1ccc(Cl)s1. The first-order valence-corrected chi connectivity index (χ1v) is 8.93. The number of halogens is 1. The lowest BCUT2D eigenvalue weighted by Gasteiger charge is -1.94. The summed E-state index contributed by atoms with van der Waals surface area (Å²) in [5, 5.41) is 9.13. The number of aromatic nitrogens is 2. The molecule has 4 heterocycles. The van der Waals surface area contributed by atoms with Crippen LogP contribution in [-0.4, -0.2) is 21.0 Å². The highest BCUT2D eigenvalue weighted by atomic mass is 35.5. The fraction of sp³-hybridized carbons (Fsp3) is 0.0625. The molecule has 0 aromatic carbocycles. The Kier molecular flexibility index (Phi) is 3.84. The maximum absolute atomic E-state index is 11.1. The molecule has 4 aromatic heterocycles. The van der Waals surface area contributed by atoms with E-state index >= 15 is 0 Å². The van der Waals surface area contributed by atoms with E-state index in [-0.39, 0.29) is 6.42 Å². The molecule has 4 rings (SSSR count). The van der Waals surface area contributed by atoms with Crippen LogP contribution in [0.25, 0.3) is 31.6 Å². The van der Waals surface area contributed by atoms with Crippen LogP contribution in [0, 0.1) is 0 Å². The highest BCUT2D eigenvalue weighted by Crippen LogP contribution is 2.38. The van der Waals surface area contributed by atoms with E-state index in [1.807, 2.05) is 18.2 Å². The van der Waals surface area contributed by atoms with Gasteiger partial charge in [0.25, 0.3) is 0 Å². The van der Waals surface area contributed by atoms with Crippen molar-refractivity contribution in [1.29, 1.82) is 0 Å². The molecule has 0 amide bonds. The Labute approximate surface area is 149 Å². The number of aliphatic carboxylic acids is 1. The number of rotatable bonds is 4. The molecular formula is C16H9ClN2O3S2. The molecule has 0 aliphatic heterocycles. The Balaban J connectivity index is 1.84. The number of thiophene rings is 2.